The molecule has 1 saturated carbocycles. The Hall–Kier alpha value is -2.64. The molecule has 2 fully saturated rings. The van der Waals surface area contributed by atoms with Gasteiger partial charge >= 0.3 is 0 Å². The highest BCUT2D eigenvalue weighted by Crippen LogP contribution is 2.36. The van der Waals surface area contributed by atoms with Crippen LogP contribution in [0.1, 0.15) is 19.3 Å². The van der Waals surface area contributed by atoms with Gasteiger partial charge in [-0.05, 0) is 25.3 Å². The highest BCUT2D eigenvalue weighted by Gasteiger charge is 2.38. The first-order valence-corrected chi connectivity index (χ1v) is 9.05. The minimum Gasteiger partial charge on any atom is -0.481 e. The summed E-state index contributed by atoms with van der Waals surface area (Å²) in [5.41, 5.74) is 0. The lowest BCUT2D eigenvalue weighted by molar-refractivity contribution is 0.396. The second-order valence-electron chi connectivity index (χ2n) is 7.05. The number of ether oxygens (including phenoxy) is 1. The van der Waals surface area contributed by atoms with Crippen molar-refractivity contribution in [3.63, 3.8) is 0 Å². The molecule has 4 rings (SSSR count). The summed E-state index contributed by atoms with van der Waals surface area (Å²) in [6.45, 7) is 1.85. The molecule has 0 amide bonds. The molecular formula is C18H25N7O. The number of hydrogen-bond acceptors (Lipinski definition) is 8. The maximum Gasteiger partial charge on any atom is 0.227 e. The summed E-state index contributed by atoms with van der Waals surface area (Å²) >= 11 is 0. The van der Waals surface area contributed by atoms with Crippen molar-refractivity contribution in [3.05, 3.63) is 24.7 Å². The first kappa shape index (κ1) is 16.8. The summed E-state index contributed by atoms with van der Waals surface area (Å²) in [4.78, 5) is 24.5. The minimum absolute atomic E-state index is 0.397. The van der Waals surface area contributed by atoms with Gasteiger partial charge in [0.05, 0.1) is 7.11 Å². The second-order valence-corrected chi connectivity index (χ2v) is 7.05. The first-order valence-electron chi connectivity index (χ1n) is 9.05. The third kappa shape index (κ3) is 3.36. The zero-order valence-corrected chi connectivity index (χ0v) is 15.5. The van der Waals surface area contributed by atoms with Crippen LogP contribution in [0, 0.1) is 0 Å². The number of aromatic nitrogens is 4. The Bertz CT molecular complexity index is 765. The van der Waals surface area contributed by atoms with Gasteiger partial charge < -0.3 is 19.4 Å². The van der Waals surface area contributed by atoms with Gasteiger partial charge in [-0.15, -0.1) is 0 Å². The molecule has 1 saturated heterocycles. The Morgan fingerprint density at radius 3 is 2.65 bits per heavy atom. The zero-order chi connectivity index (χ0) is 18.1. The average Bonchev–Trinajstić information content (AvgIpc) is 3.38. The Morgan fingerprint density at radius 1 is 1.08 bits per heavy atom. The largest absolute Gasteiger partial charge is 0.481 e. The van der Waals surface area contributed by atoms with Gasteiger partial charge in [0.25, 0.3) is 0 Å². The van der Waals surface area contributed by atoms with Crippen LogP contribution in [0.25, 0.3) is 0 Å². The standard InChI is InChI=1S/C18H25N7O/c1-23(2)15-6-8-19-18(22-15)24-9-7-14(11-24)25(13-4-5-13)16-10-17(26-3)21-12-20-16/h6,8,10,12-14H,4-5,7,9,11H2,1-3H3. The van der Waals surface area contributed by atoms with E-state index in [1.54, 1.807) is 13.4 Å². The zero-order valence-electron chi connectivity index (χ0n) is 15.5. The van der Waals surface area contributed by atoms with E-state index in [9.17, 15) is 0 Å². The fourth-order valence-corrected chi connectivity index (χ4v) is 3.50. The molecule has 1 aliphatic carbocycles. The highest BCUT2D eigenvalue weighted by molar-refractivity contribution is 5.48. The van der Waals surface area contributed by atoms with Gasteiger partial charge in [-0.2, -0.15) is 4.98 Å². The van der Waals surface area contributed by atoms with Crippen molar-refractivity contribution in [1.29, 1.82) is 0 Å². The maximum absolute atomic E-state index is 5.28. The van der Waals surface area contributed by atoms with E-state index in [1.807, 2.05) is 37.3 Å². The van der Waals surface area contributed by atoms with Crippen LogP contribution in [0.5, 0.6) is 5.88 Å². The molecule has 8 nitrogen and oxygen atoms in total. The summed E-state index contributed by atoms with van der Waals surface area (Å²) in [5.74, 6) is 3.29. The van der Waals surface area contributed by atoms with Gasteiger partial charge in [-0.1, -0.05) is 0 Å². The Morgan fingerprint density at radius 2 is 1.92 bits per heavy atom. The Balaban J connectivity index is 1.53. The fourth-order valence-electron chi connectivity index (χ4n) is 3.50. The van der Waals surface area contributed by atoms with Crippen molar-refractivity contribution in [2.75, 3.05) is 49.0 Å². The lowest BCUT2D eigenvalue weighted by Crippen LogP contribution is -2.40. The fraction of sp³-hybridized carbons (Fsp3) is 0.556. The van der Waals surface area contributed by atoms with Crippen LogP contribution in [0.3, 0.4) is 0 Å². The molecule has 2 aromatic heterocycles. The van der Waals surface area contributed by atoms with E-state index in [1.165, 1.54) is 12.8 Å². The van der Waals surface area contributed by atoms with Crippen LogP contribution in [0.2, 0.25) is 0 Å². The summed E-state index contributed by atoms with van der Waals surface area (Å²) in [7, 11) is 5.63. The maximum atomic E-state index is 5.28. The van der Waals surface area contributed by atoms with Gasteiger partial charge in [0, 0.05) is 51.5 Å². The number of methoxy groups -OCH3 is 1. The van der Waals surface area contributed by atoms with E-state index in [-0.39, 0.29) is 0 Å². The molecule has 8 heteroatoms. The SMILES string of the molecule is COc1cc(N(C2CC2)C2CCN(c3nccc(N(C)C)n3)C2)ncn1. The van der Waals surface area contributed by atoms with Gasteiger partial charge in [0.2, 0.25) is 11.8 Å². The number of anilines is 3. The highest BCUT2D eigenvalue weighted by atomic mass is 16.5. The molecule has 1 aliphatic heterocycles. The topological polar surface area (TPSA) is 70.5 Å². The third-order valence-electron chi connectivity index (χ3n) is 4.97. The summed E-state index contributed by atoms with van der Waals surface area (Å²) in [6, 6.07) is 4.83. The minimum atomic E-state index is 0.397. The van der Waals surface area contributed by atoms with E-state index >= 15 is 0 Å². The van der Waals surface area contributed by atoms with E-state index in [0.29, 0.717) is 18.0 Å². The molecular weight excluding hydrogens is 330 g/mol. The van der Waals surface area contributed by atoms with E-state index < -0.39 is 0 Å². The molecule has 2 aliphatic rings. The summed E-state index contributed by atoms with van der Waals surface area (Å²) in [6.07, 6.45) is 6.92. The van der Waals surface area contributed by atoms with E-state index in [2.05, 4.69) is 29.7 Å². The summed E-state index contributed by atoms with van der Waals surface area (Å²) < 4.78 is 5.28. The van der Waals surface area contributed by atoms with Crippen molar-refractivity contribution in [3.8, 4) is 5.88 Å². The van der Waals surface area contributed by atoms with Gasteiger partial charge in [0.1, 0.15) is 18.0 Å². The molecule has 0 spiro atoms. The third-order valence-corrected chi connectivity index (χ3v) is 4.97. The van der Waals surface area contributed by atoms with Crippen LogP contribution in [-0.2, 0) is 0 Å². The molecule has 1 unspecified atom stereocenters. The van der Waals surface area contributed by atoms with Crippen molar-refractivity contribution < 1.29 is 4.74 Å². The predicted molar refractivity (Wildman–Crippen MR) is 101 cm³/mol. The van der Waals surface area contributed by atoms with Gasteiger partial charge in [-0.3, -0.25) is 0 Å². The van der Waals surface area contributed by atoms with Crippen molar-refractivity contribution >= 4 is 17.6 Å². The molecule has 0 bridgehead atoms. The van der Waals surface area contributed by atoms with E-state index in [0.717, 1.165) is 37.1 Å². The number of hydrogen-bond donors (Lipinski definition) is 0. The molecule has 0 N–H and O–H groups in total. The van der Waals surface area contributed by atoms with Crippen LogP contribution in [0.4, 0.5) is 17.6 Å². The monoisotopic (exact) mass is 355 g/mol. The Labute approximate surface area is 153 Å². The second kappa shape index (κ2) is 6.93. The van der Waals surface area contributed by atoms with Crippen LogP contribution in [0.15, 0.2) is 24.7 Å². The van der Waals surface area contributed by atoms with Crippen LogP contribution >= 0.6 is 0 Å². The quantitative estimate of drug-likeness (QED) is 0.774. The molecule has 1 atom stereocenters. The lowest BCUT2D eigenvalue weighted by Gasteiger charge is -2.30. The van der Waals surface area contributed by atoms with Gasteiger partial charge in [-0.25, -0.2) is 15.0 Å². The number of rotatable bonds is 6. The lowest BCUT2D eigenvalue weighted by atomic mass is 10.2. The Kier molecular flexibility index (Phi) is 4.48. The van der Waals surface area contributed by atoms with Crippen molar-refractivity contribution in [1.82, 2.24) is 19.9 Å². The van der Waals surface area contributed by atoms with Crippen molar-refractivity contribution in [2.24, 2.45) is 0 Å². The van der Waals surface area contributed by atoms with Gasteiger partial charge in [0.15, 0.2) is 0 Å². The van der Waals surface area contributed by atoms with E-state index in [4.69, 9.17) is 4.74 Å². The number of nitrogens with zero attached hydrogens (tertiary/aromatic N) is 7. The average molecular weight is 355 g/mol. The smallest absolute Gasteiger partial charge is 0.227 e. The van der Waals surface area contributed by atoms with Crippen LogP contribution < -0.4 is 19.4 Å². The molecule has 0 aromatic carbocycles. The molecule has 26 heavy (non-hydrogen) atoms. The van der Waals surface area contributed by atoms with Crippen LogP contribution in [-0.4, -0.2) is 66.3 Å². The molecule has 2 aromatic rings. The summed E-state index contributed by atoms with van der Waals surface area (Å²) in [5, 5.41) is 0. The molecule has 3 heterocycles. The molecule has 0 radical (unpaired) electrons. The molecule has 138 valence electrons. The first-order chi connectivity index (χ1) is 12.7. The van der Waals surface area contributed by atoms with Crippen molar-refractivity contribution in [2.45, 2.75) is 31.3 Å². The predicted octanol–water partition coefficient (Wildman–Crippen LogP) is 1.59. The normalized spacial score (nSPS) is 19.5.